The first-order chi connectivity index (χ1) is 26.5. The number of carbonyl (C=O) groups excluding carboxylic acids is 3. The highest BCUT2D eigenvalue weighted by molar-refractivity contribution is 5.93. The molecule has 2 saturated heterocycles. The van der Waals surface area contributed by atoms with E-state index in [1.807, 2.05) is 12.1 Å². The van der Waals surface area contributed by atoms with Gasteiger partial charge in [0, 0.05) is 91.9 Å². The van der Waals surface area contributed by atoms with Crippen molar-refractivity contribution in [2.24, 2.45) is 0 Å². The largest absolute Gasteiger partial charge is 0.476 e. The second kappa shape index (κ2) is 18.6. The van der Waals surface area contributed by atoms with Crippen LogP contribution in [0.3, 0.4) is 0 Å². The van der Waals surface area contributed by atoms with Gasteiger partial charge in [-0.1, -0.05) is 0 Å². The van der Waals surface area contributed by atoms with Crippen LogP contribution in [0.4, 0.5) is 22.7 Å². The maximum atomic E-state index is 11.6. The molecular formula is C37H46N12O6. The number of hydrogen-bond donors (Lipinski definition) is 5. The van der Waals surface area contributed by atoms with E-state index in [2.05, 4.69) is 54.9 Å². The van der Waals surface area contributed by atoms with Crippen LogP contribution in [0, 0.1) is 0 Å². The normalized spacial score (nSPS) is 14.7. The number of pyridine rings is 4. The third-order valence-electron chi connectivity index (χ3n) is 9.23. The zero-order valence-corrected chi connectivity index (χ0v) is 31.1. The van der Waals surface area contributed by atoms with Gasteiger partial charge in [0.05, 0.1) is 42.3 Å². The van der Waals surface area contributed by atoms with Crippen molar-refractivity contribution in [2.45, 2.75) is 13.1 Å². The van der Waals surface area contributed by atoms with E-state index >= 15 is 0 Å². The van der Waals surface area contributed by atoms with Crippen molar-refractivity contribution in [3.8, 4) is 0 Å². The first-order valence-corrected chi connectivity index (χ1v) is 17.6. The van der Waals surface area contributed by atoms with E-state index < -0.39 is 11.9 Å². The van der Waals surface area contributed by atoms with Crippen LogP contribution in [0.2, 0.25) is 0 Å². The number of carboxylic acid groups (broad SMARTS) is 1. The number of rotatable bonds is 10. The Bertz CT molecular complexity index is 1960. The van der Waals surface area contributed by atoms with E-state index in [4.69, 9.17) is 16.6 Å². The number of aromatic nitrogens is 4. The number of anilines is 4. The van der Waals surface area contributed by atoms with Crippen LogP contribution >= 0.6 is 0 Å². The van der Waals surface area contributed by atoms with Gasteiger partial charge in [-0.3, -0.25) is 19.4 Å². The van der Waals surface area contributed by atoms with E-state index in [0.717, 1.165) is 74.9 Å². The predicted octanol–water partition coefficient (Wildman–Crippen LogP) is 0.966. The molecule has 18 heteroatoms. The van der Waals surface area contributed by atoms with Crippen molar-refractivity contribution in [2.75, 3.05) is 94.8 Å². The second-order valence-electron chi connectivity index (χ2n) is 12.8. The Morgan fingerprint density at radius 2 is 1.07 bits per heavy atom. The summed E-state index contributed by atoms with van der Waals surface area (Å²) in [5, 5.41) is 14.1. The molecule has 2 amide bonds. The first-order valence-electron chi connectivity index (χ1n) is 17.6. The maximum Gasteiger partial charge on any atom is 0.358 e. The summed E-state index contributed by atoms with van der Waals surface area (Å²) in [5.74, 6) is -2.05. The number of amides is 2. The van der Waals surface area contributed by atoms with Gasteiger partial charge in [0.2, 0.25) is 0 Å². The summed E-state index contributed by atoms with van der Waals surface area (Å²) in [6.07, 6.45) is 6.68. The number of esters is 1. The van der Waals surface area contributed by atoms with Gasteiger partial charge >= 0.3 is 11.9 Å². The van der Waals surface area contributed by atoms with Crippen LogP contribution in [0.25, 0.3) is 0 Å². The number of hydrogen-bond acceptors (Lipinski definition) is 15. The van der Waals surface area contributed by atoms with E-state index in [-0.39, 0.29) is 28.9 Å². The lowest BCUT2D eigenvalue weighted by Crippen LogP contribution is -2.46. The smallest absolute Gasteiger partial charge is 0.358 e. The van der Waals surface area contributed by atoms with E-state index in [1.54, 1.807) is 63.1 Å². The number of carbonyl (C=O) groups is 4. The topological polar surface area (TPSA) is 238 Å². The monoisotopic (exact) mass is 754 g/mol. The van der Waals surface area contributed by atoms with Crippen LogP contribution < -0.4 is 31.9 Å². The lowest BCUT2D eigenvalue weighted by molar-refractivity contribution is 0.0594. The van der Waals surface area contributed by atoms with Gasteiger partial charge in [0.1, 0.15) is 11.4 Å². The van der Waals surface area contributed by atoms with Crippen LogP contribution in [-0.4, -0.2) is 132 Å². The minimum Gasteiger partial charge on any atom is -0.476 e. The molecule has 7 N–H and O–H groups in total. The number of methoxy groups -OCH3 is 1. The van der Waals surface area contributed by atoms with Crippen molar-refractivity contribution in [1.29, 1.82) is 0 Å². The Kier molecular flexibility index (Phi) is 13.4. The number of carboxylic acids is 1. The van der Waals surface area contributed by atoms with Crippen molar-refractivity contribution in [3.05, 3.63) is 95.1 Å². The van der Waals surface area contributed by atoms with Crippen molar-refractivity contribution < 1.29 is 29.0 Å². The molecule has 2 aliphatic rings. The quantitative estimate of drug-likeness (QED) is 0.142. The molecule has 0 aromatic carbocycles. The van der Waals surface area contributed by atoms with Crippen molar-refractivity contribution in [1.82, 2.24) is 40.4 Å². The zero-order chi connectivity index (χ0) is 39.5. The molecule has 2 aliphatic heterocycles. The Hall–Kier alpha value is -6.40. The first kappa shape index (κ1) is 39.8. The SMILES string of the molecule is CNC(=O)c1ccc(N2CCN(Cc3cnc(C(=O)O)c(N)c3)CC2)cn1.CNC(=O)c1ccc(N2CCN(Cc3cnc(C(=O)OC)c(N)c3)CC2)cn1. The molecule has 0 radical (unpaired) electrons. The standard InChI is InChI=1S/C19H24N6O3.C18H22N6O3/c1-21-18(26)16-4-3-14(11-22-16)25-7-5-24(6-8-25)12-13-9-15(20)17(23-10-13)19(27)28-2;1-20-17(25)15-3-2-13(10-21-15)24-6-4-23(5-7-24)11-12-8-14(19)16(18(26)27)22-9-12/h3-4,9-11H,5-8,12,20H2,1-2H3,(H,21,26);2-3,8-10H,4-7,11,19H2,1H3,(H,20,25)(H,26,27). The van der Waals surface area contributed by atoms with Crippen molar-refractivity contribution in [3.63, 3.8) is 0 Å². The number of nitrogens with one attached hydrogen (secondary N) is 2. The molecule has 290 valence electrons. The summed E-state index contributed by atoms with van der Waals surface area (Å²) >= 11 is 0. The number of nitrogen functional groups attached to an aromatic ring is 2. The number of aromatic carboxylic acids is 1. The molecule has 4 aromatic heterocycles. The highest BCUT2D eigenvalue weighted by atomic mass is 16.5. The molecule has 55 heavy (non-hydrogen) atoms. The summed E-state index contributed by atoms with van der Waals surface area (Å²) in [6, 6.07) is 10.7. The Labute approximate surface area is 318 Å². The minimum absolute atomic E-state index is 0.115. The van der Waals surface area contributed by atoms with Crippen LogP contribution in [0.1, 0.15) is 53.1 Å². The molecular weight excluding hydrogens is 708 g/mol. The van der Waals surface area contributed by atoms with E-state index in [9.17, 15) is 19.2 Å². The highest BCUT2D eigenvalue weighted by Crippen LogP contribution is 2.20. The minimum atomic E-state index is -1.12. The fraction of sp³-hybridized carbons (Fsp3) is 0.351. The average Bonchev–Trinajstić information content (AvgIpc) is 3.21. The molecule has 0 bridgehead atoms. The Morgan fingerprint density at radius 3 is 1.40 bits per heavy atom. The van der Waals surface area contributed by atoms with Gasteiger partial charge < -0.3 is 41.7 Å². The fourth-order valence-corrected chi connectivity index (χ4v) is 6.19. The summed E-state index contributed by atoms with van der Waals surface area (Å²) in [6.45, 7) is 8.17. The number of nitrogens with zero attached hydrogens (tertiary/aromatic N) is 8. The molecule has 0 unspecified atom stereocenters. The van der Waals surface area contributed by atoms with E-state index in [0.29, 0.717) is 30.2 Å². The van der Waals surface area contributed by atoms with Crippen molar-refractivity contribution >= 4 is 46.5 Å². The lowest BCUT2D eigenvalue weighted by atomic mass is 10.2. The molecule has 0 spiro atoms. The van der Waals surface area contributed by atoms with Gasteiger partial charge in [-0.05, 0) is 47.5 Å². The number of nitrogens with two attached hydrogens (primary N) is 2. The summed E-state index contributed by atoms with van der Waals surface area (Å²) in [4.78, 5) is 71.2. The van der Waals surface area contributed by atoms with Gasteiger partial charge in [0.15, 0.2) is 11.4 Å². The molecule has 4 aromatic rings. The second-order valence-corrected chi connectivity index (χ2v) is 12.8. The Morgan fingerprint density at radius 1 is 0.655 bits per heavy atom. The molecule has 6 heterocycles. The predicted molar refractivity (Wildman–Crippen MR) is 206 cm³/mol. The molecule has 18 nitrogen and oxygen atoms in total. The van der Waals surface area contributed by atoms with Gasteiger partial charge in [-0.15, -0.1) is 0 Å². The zero-order valence-electron chi connectivity index (χ0n) is 31.1. The summed E-state index contributed by atoms with van der Waals surface area (Å²) in [5.41, 5.74) is 16.9. The molecule has 0 aliphatic carbocycles. The maximum absolute atomic E-state index is 11.6. The third-order valence-corrected chi connectivity index (χ3v) is 9.23. The summed E-state index contributed by atoms with van der Waals surface area (Å²) < 4.78 is 4.66. The highest BCUT2D eigenvalue weighted by Gasteiger charge is 2.21. The summed E-state index contributed by atoms with van der Waals surface area (Å²) in [7, 11) is 4.47. The van der Waals surface area contributed by atoms with Gasteiger partial charge in [-0.2, -0.15) is 0 Å². The molecule has 0 atom stereocenters. The molecule has 2 fully saturated rings. The molecule has 0 saturated carbocycles. The van der Waals surface area contributed by atoms with Gasteiger partial charge in [0.25, 0.3) is 11.8 Å². The lowest BCUT2D eigenvalue weighted by Gasteiger charge is -2.36. The number of piperazine rings is 2. The fourth-order valence-electron chi connectivity index (χ4n) is 6.19. The van der Waals surface area contributed by atoms with Crippen LogP contribution in [0.15, 0.2) is 61.2 Å². The van der Waals surface area contributed by atoms with E-state index in [1.165, 1.54) is 7.11 Å². The van der Waals surface area contributed by atoms with Crippen LogP contribution in [-0.2, 0) is 17.8 Å². The average molecular weight is 755 g/mol. The van der Waals surface area contributed by atoms with Gasteiger partial charge in [-0.25, -0.2) is 29.5 Å². The Balaban J connectivity index is 0.000000211. The van der Waals surface area contributed by atoms with Crippen LogP contribution in [0.5, 0.6) is 0 Å². The number of ether oxygens (including phenoxy) is 1. The third kappa shape index (κ3) is 10.4. The molecule has 6 rings (SSSR count).